The average Bonchev–Trinajstić information content (AvgIpc) is 3.34. The van der Waals surface area contributed by atoms with E-state index < -0.39 is 23.1 Å². The highest BCUT2D eigenvalue weighted by Gasteiger charge is 2.24. The van der Waals surface area contributed by atoms with Crippen LogP contribution in [-0.4, -0.2) is 39.9 Å². The monoisotopic (exact) mass is 496 g/mol. The number of rotatable bonds is 3. The van der Waals surface area contributed by atoms with Crippen LogP contribution in [0.15, 0.2) is 53.0 Å². The molecule has 7 nitrogen and oxygen atoms in total. The van der Waals surface area contributed by atoms with E-state index in [4.69, 9.17) is 4.74 Å². The van der Waals surface area contributed by atoms with Crippen molar-refractivity contribution in [1.82, 2.24) is 9.38 Å². The van der Waals surface area contributed by atoms with Gasteiger partial charge in [0.2, 0.25) is 0 Å². The number of ether oxygens (including phenoxy) is 1. The van der Waals surface area contributed by atoms with E-state index in [0.29, 0.717) is 40.8 Å². The Morgan fingerprint density at radius 3 is 2.77 bits per heavy atom. The number of thiazole rings is 1. The summed E-state index contributed by atoms with van der Waals surface area (Å²) >= 11 is 1.24. The summed E-state index contributed by atoms with van der Waals surface area (Å²) in [4.78, 5) is 23.9. The maximum absolute atomic E-state index is 14.3. The molecule has 1 aliphatic rings. The zero-order chi connectivity index (χ0) is 24.9. The van der Waals surface area contributed by atoms with E-state index in [1.165, 1.54) is 29.7 Å². The van der Waals surface area contributed by atoms with Gasteiger partial charge in [-0.2, -0.15) is 4.99 Å². The number of aliphatic hydroxyl groups is 1. The number of nitrogens with zero attached hydrogens (tertiary/aromatic N) is 4. The Morgan fingerprint density at radius 2 is 2.03 bits per heavy atom. The molecule has 2 aromatic carbocycles. The van der Waals surface area contributed by atoms with Gasteiger partial charge in [0.1, 0.15) is 23.2 Å². The van der Waals surface area contributed by atoms with Crippen LogP contribution >= 0.6 is 11.3 Å². The second-order valence-corrected chi connectivity index (χ2v) is 9.59. The van der Waals surface area contributed by atoms with Crippen molar-refractivity contribution in [3.05, 3.63) is 70.9 Å². The van der Waals surface area contributed by atoms with Gasteiger partial charge < -0.3 is 14.7 Å². The molecular formula is C25H22F2N4O3S. The number of amides is 1. The van der Waals surface area contributed by atoms with Crippen molar-refractivity contribution < 1.29 is 23.4 Å². The van der Waals surface area contributed by atoms with Crippen molar-refractivity contribution in [1.29, 1.82) is 0 Å². The summed E-state index contributed by atoms with van der Waals surface area (Å²) in [6.07, 6.45) is 1.90. The normalized spacial score (nSPS) is 15.3. The van der Waals surface area contributed by atoms with Crippen LogP contribution in [0.3, 0.4) is 0 Å². The standard InChI is InChI=1S/C25H22F2N4O3S/c1-25(2,33)14-4-7-19-21(10-14)34-9-8-22(30(19)3)29-23(32)18-12-31-20(13-35-24(31)28-18)16-6-5-15(26)11-17(16)27/h4-7,10-13,33H,8-9H2,1-3H3. The number of amidine groups is 1. The first-order chi connectivity index (χ1) is 16.6. The van der Waals surface area contributed by atoms with Crippen LogP contribution in [0, 0.1) is 11.6 Å². The van der Waals surface area contributed by atoms with Crippen molar-refractivity contribution >= 4 is 33.7 Å². The predicted molar refractivity (Wildman–Crippen MR) is 130 cm³/mol. The molecule has 0 radical (unpaired) electrons. The van der Waals surface area contributed by atoms with Gasteiger partial charge >= 0.3 is 0 Å². The highest BCUT2D eigenvalue weighted by Crippen LogP contribution is 2.35. The molecule has 0 unspecified atom stereocenters. The van der Waals surface area contributed by atoms with Gasteiger partial charge in [0.05, 0.1) is 23.6 Å². The SMILES string of the molecule is CN1C(=NC(=O)c2cn3c(-c4ccc(F)cc4F)csc3n2)CCOc2cc(C(C)(C)O)ccc21. The highest BCUT2D eigenvalue weighted by atomic mass is 32.1. The van der Waals surface area contributed by atoms with Crippen LogP contribution in [0.1, 0.15) is 36.3 Å². The maximum Gasteiger partial charge on any atom is 0.298 e. The van der Waals surface area contributed by atoms with Crippen LogP contribution < -0.4 is 9.64 Å². The Labute approximate surface area is 203 Å². The molecule has 0 saturated heterocycles. The summed E-state index contributed by atoms with van der Waals surface area (Å²) in [5.41, 5.74) is 1.22. The number of benzene rings is 2. The van der Waals surface area contributed by atoms with Gasteiger partial charge in [-0.25, -0.2) is 13.8 Å². The van der Waals surface area contributed by atoms with Crippen molar-refractivity contribution in [2.45, 2.75) is 25.9 Å². The van der Waals surface area contributed by atoms with Crippen LogP contribution in [0.25, 0.3) is 16.2 Å². The zero-order valence-electron chi connectivity index (χ0n) is 19.2. The average molecular weight is 497 g/mol. The van der Waals surface area contributed by atoms with Gasteiger partial charge in [0.25, 0.3) is 5.91 Å². The van der Waals surface area contributed by atoms with Gasteiger partial charge in [-0.3, -0.25) is 9.20 Å². The molecular weight excluding hydrogens is 474 g/mol. The largest absolute Gasteiger partial charge is 0.491 e. The molecule has 0 bridgehead atoms. The Bertz CT molecular complexity index is 1490. The molecule has 0 saturated carbocycles. The summed E-state index contributed by atoms with van der Waals surface area (Å²) < 4.78 is 35.1. The molecule has 0 fully saturated rings. The quantitative estimate of drug-likeness (QED) is 0.431. The van der Waals surface area contributed by atoms with Gasteiger partial charge in [0.15, 0.2) is 10.7 Å². The summed E-state index contributed by atoms with van der Waals surface area (Å²) in [5.74, 6) is -0.795. The Morgan fingerprint density at radius 1 is 1.23 bits per heavy atom. The topological polar surface area (TPSA) is 79.4 Å². The van der Waals surface area contributed by atoms with Crippen molar-refractivity contribution in [3.8, 4) is 17.0 Å². The maximum atomic E-state index is 14.3. The number of imidazole rings is 1. The molecule has 1 N–H and O–H groups in total. The lowest BCUT2D eigenvalue weighted by Gasteiger charge is -2.23. The number of hydrogen-bond donors (Lipinski definition) is 1. The number of fused-ring (bicyclic) bond motifs is 2. The number of aliphatic imine (C=N–C) groups is 1. The second kappa shape index (κ2) is 8.54. The molecule has 3 heterocycles. The summed E-state index contributed by atoms with van der Waals surface area (Å²) in [5, 5.41) is 12.0. The molecule has 180 valence electrons. The molecule has 0 spiro atoms. The smallest absolute Gasteiger partial charge is 0.298 e. The molecule has 10 heteroatoms. The van der Waals surface area contributed by atoms with Crippen molar-refractivity contribution in [3.63, 3.8) is 0 Å². The Hall–Kier alpha value is -3.63. The van der Waals surface area contributed by atoms with Crippen LogP contribution in [0.4, 0.5) is 14.5 Å². The fourth-order valence-corrected chi connectivity index (χ4v) is 4.80. The van der Waals surface area contributed by atoms with E-state index in [9.17, 15) is 18.7 Å². The van der Waals surface area contributed by atoms with E-state index in [-0.39, 0.29) is 11.3 Å². The molecule has 4 aromatic rings. The lowest BCUT2D eigenvalue weighted by atomic mass is 9.98. The van der Waals surface area contributed by atoms with E-state index in [1.807, 2.05) is 12.1 Å². The summed E-state index contributed by atoms with van der Waals surface area (Å²) in [6, 6.07) is 8.78. The summed E-state index contributed by atoms with van der Waals surface area (Å²) in [7, 11) is 1.80. The van der Waals surface area contributed by atoms with Gasteiger partial charge in [-0.15, -0.1) is 11.3 Å². The molecule has 5 rings (SSSR count). The third-order valence-electron chi connectivity index (χ3n) is 5.86. The minimum atomic E-state index is -1.01. The first kappa shape index (κ1) is 23.1. The van der Waals surface area contributed by atoms with Gasteiger partial charge in [-0.05, 0) is 43.7 Å². The molecule has 1 amide bonds. The third-order valence-corrected chi connectivity index (χ3v) is 6.70. The highest BCUT2D eigenvalue weighted by molar-refractivity contribution is 7.15. The van der Waals surface area contributed by atoms with Crippen LogP contribution in [0.5, 0.6) is 5.75 Å². The molecule has 0 atom stereocenters. The Balaban J connectivity index is 1.46. The number of carbonyl (C=O) groups excluding carboxylic acids is 1. The van der Waals surface area contributed by atoms with E-state index >= 15 is 0 Å². The van der Waals surface area contributed by atoms with Crippen molar-refractivity contribution in [2.75, 3.05) is 18.6 Å². The molecule has 0 aliphatic carbocycles. The fraction of sp³-hybridized carbons (Fsp3) is 0.240. The molecule has 35 heavy (non-hydrogen) atoms. The Kier molecular flexibility index (Phi) is 5.65. The number of hydrogen-bond acceptors (Lipinski definition) is 5. The van der Waals surface area contributed by atoms with Crippen molar-refractivity contribution in [2.24, 2.45) is 4.99 Å². The predicted octanol–water partition coefficient (Wildman–Crippen LogP) is 5.03. The number of aromatic nitrogens is 2. The molecule has 2 aromatic heterocycles. The summed E-state index contributed by atoms with van der Waals surface area (Å²) in [6.45, 7) is 3.71. The second-order valence-electron chi connectivity index (χ2n) is 8.76. The van der Waals surface area contributed by atoms with Crippen LogP contribution in [-0.2, 0) is 5.60 Å². The number of anilines is 1. The lowest BCUT2D eigenvalue weighted by Crippen LogP contribution is -2.27. The lowest BCUT2D eigenvalue weighted by molar-refractivity contribution is 0.0782. The third kappa shape index (κ3) is 4.30. The number of carbonyl (C=O) groups is 1. The van der Waals surface area contributed by atoms with Gasteiger partial charge in [-0.1, -0.05) is 6.07 Å². The van der Waals surface area contributed by atoms with Gasteiger partial charge in [0, 0.05) is 36.7 Å². The number of halogens is 2. The van der Waals surface area contributed by atoms with E-state index in [2.05, 4.69) is 9.98 Å². The molecule has 1 aliphatic heterocycles. The first-order valence-electron chi connectivity index (χ1n) is 10.9. The first-order valence-corrected chi connectivity index (χ1v) is 11.8. The minimum absolute atomic E-state index is 0.115. The van der Waals surface area contributed by atoms with E-state index in [0.717, 1.165) is 11.8 Å². The minimum Gasteiger partial charge on any atom is -0.491 e. The zero-order valence-corrected chi connectivity index (χ0v) is 20.1. The fourth-order valence-electron chi connectivity index (χ4n) is 3.93. The van der Waals surface area contributed by atoms with Crippen LogP contribution in [0.2, 0.25) is 0 Å². The van der Waals surface area contributed by atoms with E-state index in [1.54, 1.807) is 41.6 Å².